The number of hydrogen-bond donors (Lipinski definition) is 1. The summed E-state index contributed by atoms with van der Waals surface area (Å²) >= 11 is 0. The monoisotopic (exact) mass is 223 g/mol. The summed E-state index contributed by atoms with van der Waals surface area (Å²) in [6.07, 6.45) is 4.56. The highest BCUT2D eigenvalue weighted by Gasteiger charge is 2.04. The Hall–Kier alpha value is -0.830. The summed E-state index contributed by atoms with van der Waals surface area (Å²) < 4.78 is 2.01. The molecule has 0 aliphatic rings. The van der Waals surface area contributed by atoms with Crippen LogP contribution in [0.3, 0.4) is 0 Å². The fourth-order valence-electron chi connectivity index (χ4n) is 1.74. The minimum atomic E-state index is 0.452. The lowest BCUT2D eigenvalue weighted by atomic mass is 10.0. The van der Waals surface area contributed by atoms with Crippen LogP contribution < -0.4 is 5.32 Å². The topological polar surface area (TPSA) is 29.9 Å². The molecule has 0 bridgehead atoms. The average molecular weight is 223 g/mol. The third kappa shape index (κ3) is 3.97. The van der Waals surface area contributed by atoms with Crippen molar-refractivity contribution in [1.29, 1.82) is 0 Å². The lowest BCUT2D eigenvalue weighted by Crippen LogP contribution is -2.22. The standard InChI is InChI=1S/C13H25N3/c1-5-12(6-2)9-14-10-13-7-8-16(15-13)11(3)4/h7-8,11-12,14H,5-6,9-10H2,1-4H3. The second kappa shape index (κ2) is 6.69. The van der Waals surface area contributed by atoms with Gasteiger partial charge in [0.1, 0.15) is 0 Å². The van der Waals surface area contributed by atoms with Crippen LogP contribution in [0.2, 0.25) is 0 Å². The molecule has 0 saturated heterocycles. The first kappa shape index (κ1) is 13.2. The first-order chi connectivity index (χ1) is 7.67. The molecule has 0 aliphatic heterocycles. The van der Waals surface area contributed by atoms with Crippen molar-refractivity contribution in [3.8, 4) is 0 Å². The van der Waals surface area contributed by atoms with Gasteiger partial charge in [0, 0.05) is 18.8 Å². The SMILES string of the molecule is CCC(CC)CNCc1ccn(C(C)C)n1. The van der Waals surface area contributed by atoms with Crippen LogP contribution in [0.1, 0.15) is 52.3 Å². The van der Waals surface area contributed by atoms with Crippen LogP contribution in [0, 0.1) is 5.92 Å². The summed E-state index contributed by atoms with van der Waals surface area (Å²) in [7, 11) is 0. The molecule has 1 N–H and O–H groups in total. The lowest BCUT2D eigenvalue weighted by Gasteiger charge is -2.12. The molecule has 16 heavy (non-hydrogen) atoms. The Morgan fingerprint density at radius 3 is 2.50 bits per heavy atom. The van der Waals surface area contributed by atoms with Gasteiger partial charge in [-0.05, 0) is 32.4 Å². The number of hydrogen-bond acceptors (Lipinski definition) is 2. The summed E-state index contributed by atoms with van der Waals surface area (Å²) in [5, 5.41) is 7.99. The van der Waals surface area contributed by atoms with Gasteiger partial charge in [0.25, 0.3) is 0 Å². The molecule has 0 unspecified atom stereocenters. The molecule has 0 fully saturated rings. The Morgan fingerprint density at radius 2 is 2.00 bits per heavy atom. The van der Waals surface area contributed by atoms with Crippen molar-refractivity contribution < 1.29 is 0 Å². The van der Waals surface area contributed by atoms with Crippen molar-refractivity contribution >= 4 is 0 Å². The molecule has 0 radical (unpaired) electrons. The average Bonchev–Trinajstić information content (AvgIpc) is 2.73. The van der Waals surface area contributed by atoms with Crippen LogP contribution in [0.5, 0.6) is 0 Å². The summed E-state index contributed by atoms with van der Waals surface area (Å²) in [5.74, 6) is 0.798. The number of nitrogens with zero attached hydrogens (tertiary/aromatic N) is 2. The molecule has 0 saturated carbocycles. The highest BCUT2D eigenvalue weighted by atomic mass is 15.3. The van der Waals surface area contributed by atoms with E-state index in [1.54, 1.807) is 0 Å². The molecule has 0 amide bonds. The summed E-state index contributed by atoms with van der Waals surface area (Å²) in [6, 6.07) is 2.55. The quantitative estimate of drug-likeness (QED) is 0.770. The summed E-state index contributed by atoms with van der Waals surface area (Å²) in [6.45, 7) is 10.8. The number of nitrogens with one attached hydrogen (secondary N) is 1. The van der Waals surface area contributed by atoms with Gasteiger partial charge in [0.15, 0.2) is 0 Å². The van der Waals surface area contributed by atoms with E-state index in [4.69, 9.17) is 0 Å². The minimum Gasteiger partial charge on any atom is -0.311 e. The minimum absolute atomic E-state index is 0.452. The van der Waals surface area contributed by atoms with Crippen molar-refractivity contribution in [3.63, 3.8) is 0 Å². The second-order valence-corrected chi connectivity index (χ2v) is 4.69. The van der Waals surface area contributed by atoms with Gasteiger partial charge >= 0.3 is 0 Å². The Bertz CT molecular complexity index is 287. The van der Waals surface area contributed by atoms with E-state index in [1.165, 1.54) is 12.8 Å². The van der Waals surface area contributed by atoms with Crippen LogP contribution in [0.25, 0.3) is 0 Å². The van der Waals surface area contributed by atoms with Gasteiger partial charge in [-0.15, -0.1) is 0 Å². The fraction of sp³-hybridized carbons (Fsp3) is 0.769. The zero-order valence-corrected chi connectivity index (χ0v) is 11.0. The second-order valence-electron chi connectivity index (χ2n) is 4.69. The largest absolute Gasteiger partial charge is 0.311 e. The third-order valence-electron chi connectivity index (χ3n) is 3.09. The first-order valence-electron chi connectivity index (χ1n) is 6.42. The smallest absolute Gasteiger partial charge is 0.0762 e. The summed E-state index contributed by atoms with van der Waals surface area (Å²) in [4.78, 5) is 0. The molecule has 1 aromatic rings. The maximum absolute atomic E-state index is 4.51. The van der Waals surface area contributed by atoms with E-state index < -0.39 is 0 Å². The van der Waals surface area contributed by atoms with Crippen LogP contribution in [0.15, 0.2) is 12.3 Å². The zero-order chi connectivity index (χ0) is 12.0. The van der Waals surface area contributed by atoms with Crippen molar-refractivity contribution in [1.82, 2.24) is 15.1 Å². The summed E-state index contributed by atoms with van der Waals surface area (Å²) in [5.41, 5.74) is 1.14. The van der Waals surface area contributed by atoms with E-state index in [9.17, 15) is 0 Å². The first-order valence-corrected chi connectivity index (χ1v) is 6.42. The molecule has 3 nitrogen and oxygen atoms in total. The van der Waals surface area contributed by atoms with Gasteiger partial charge in [0.05, 0.1) is 5.69 Å². The van der Waals surface area contributed by atoms with E-state index in [0.717, 1.165) is 24.7 Å². The predicted molar refractivity (Wildman–Crippen MR) is 68.4 cm³/mol. The van der Waals surface area contributed by atoms with Crippen LogP contribution in [-0.2, 0) is 6.54 Å². The Labute approximate surface area is 99.2 Å². The van der Waals surface area contributed by atoms with Gasteiger partial charge in [-0.25, -0.2) is 0 Å². The molecule has 1 heterocycles. The highest BCUT2D eigenvalue weighted by Crippen LogP contribution is 2.07. The van der Waals surface area contributed by atoms with Gasteiger partial charge < -0.3 is 5.32 Å². The van der Waals surface area contributed by atoms with E-state index in [2.05, 4.69) is 50.4 Å². The lowest BCUT2D eigenvalue weighted by molar-refractivity contribution is 0.445. The molecule has 1 aromatic heterocycles. The van der Waals surface area contributed by atoms with Gasteiger partial charge in [-0.1, -0.05) is 26.7 Å². The normalized spacial score (nSPS) is 11.6. The number of aromatic nitrogens is 2. The van der Waals surface area contributed by atoms with Crippen LogP contribution in [-0.4, -0.2) is 16.3 Å². The molecule has 0 atom stereocenters. The van der Waals surface area contributed by atoms with Crippen LogP contribution in [0.4, 0.5) is 0 Å². The van der Waals surface area contributed by atoms with E-state index >= 15 is 0 Å². The predicted octanol–water partition coefficient (Wildman–Crippen LogP) is 2.99. The zero-order valence-electron chi connectivity index (χ0n) is 11.0. The maximum Gasteiger partial charge on any atom is 0.0762 e. The molecule has 1 rings (SSSR count). The van der Waals surface area contributed by atoms with Gasteiger partial charge in [-0.2, -0.15) is 5.10 Å². The maximum atomic E-state index is 4.51. The molecule has 0 spiro atoms. The Kier molecular flexibility index (Phi) is 5.53. The van der Waals surface area contributed by atoms with Crippen molar-refractivity contribution in [2.45, 2.75) is 53.1 Å². The van der Waals surface area contributed by atoms with Crippen molar-refractivity contribution in [3.05, 3.63) is 18.0 Å². The molecular formula is C13H25N3. The third-order valence-corrected chi connectivity index (χ3v) is 3.09. The van der Waals surface area contributed by atoms with Crippen molar-refractivity contribution in [2.75, 3.05) is 6.54 Å². The number of rotatable bonds is 7. The molecule has 0 aromatic carbocycles. The fourth-order valence-corrected chi connectivity index (χ4v) is 1.74. The van der Waals surface area contributed by atoms with E-state index in [0.29, 0.717) is 6.04 Å². The molecule has 92 valence electrons. The Morgan fingerprint density at radius 1 is 1.31 bits per heavy atom. The molecule has 0 aliphatic carbocycles. The van der Waals surface area contributed by atoms with Gasteiger partial charge in [0.2, 0.25) is 0 Å². The van der Waals surface area contributed by atoms with E-state index in [-0.39, 0.29) is 0 Å². The highest BCUT2D eigenvalue weighted by molar-refractivity contribution is 4.99. The Balaban J connectivity index is 2.31. The van der Waals surface area contributed by atoms with Gasteiger partial charge in [-0.3, -0.25) is 4.68 Å². The van der Waals surface area contributed by atoms with Crippen molar-refractivity contribution in [2.24, 2.45) is 5.92 Å². The van der Waals surface area contributed by atoms with E-state index in [1.807, 2.05) is 4.68 Å². The van der Waals surface area contributed by atoms with Crippen LogP contribution >= 0.6 is 0 Å². The molecular weight excluding hydrogens is 198 g/mol. The molecule has 3 heteroatoms.